The monoisotopic (exact) mass is 712 g/mol. The molecule has 1 aliphatic carbocycles. The summed E-state index contributed by atoms with van der Waals surface area (Å²) in [5, 5.41) is 6.71. The standard InChI is InChI=1S/C42H49N4O5.Mg/c1-21(2)11-10-12-22(3)15-16-51-35(47)14-13-29-26(7)33-20-32-25(6)24(5)31(44-32)18-28-17-23(4)30(43-28)19-34-27(8)36-40(46-34)37(39(29)45-33)38(41(36)48)42(49)50-9;/h15,17-21,26,29,38H,10-14,16H2,1-9H3,(H-,45,46,48);/q-3;+2/p-1/b22-15-,28-18-,30-19-,33-20-;/t26-,29-,38+;/m0./s1. The third kappa shape index (κ3) is 7.55. The number of rotatable bonds is 10. The zero-order chi connectivity index (χ0) is 36.7. The summed E-state index contributed by atoms with van der Waals surface area (Å²) in [6.07, 6.45) is 11.7. The van der Waals surface area contributed by atoms with Gasteiger partial charge in [0.25, 0.3) is 0 Å². The number of ketones is 1. The van der Waals surface area contributed by atoms with Crippen molar-refractivity contribution in [3.8, 4) is 0 Å². The van der Waals surface area contributed by atoms with E-state index in [-0.39, 0.29) is 59.7 Å². The van der Waals surface area contributed by atoms with Gasteiger partial charge in [0.1, 0.15) is 12.5 Å². The summed E-state index contributed by atoms with van der Waals surface area (Å²) in [5.41, 5.74) is 9.85. The first-order chi connectivity index (χ1) is 24.3. The quantitative estimate of drug-likeness (QED) is 0.111. The van der Waals surface area contributed by atoms with Gasteiger partial charge in [-0.2, -0.15) is 11.4 Å². The Morgan fingerprint density at radius 1 is 0.942 bits per heavy atom. The smallest absolute Gasteiger partial charge is 0.664 e. The van der Waals surface area contributed by atoms with Crippen LogP contribution in [0.4, 0.5) is 0 Å². The molecule has 3 aromatic rings. The maximum absolute atomic E-state index is 14.1. The van der Waals surface area contributed by atoms with Crippen molar-refractivity contribution in [1.29, 1.82) is 0 Å². The summed E-state index contributed by atoms with van der Waals surface area (Å²) >= 11 is 0. The van der Waals surface area contributed by atoms with Gasteiger partial charge in [-0.3, -0.25) is 14.4 Å². The first-order valence-electron chi connectivity index (χ1n) is 18.0. The number of aryl methyl sites for hydroxylation is 1. The number of carbonyl (C=O) groups is 3. The van der Waals surface area contributed by atoms with E-state index in [0.717, 1.165) is 57.3 Å². The maximum Gasteiger partial charge on any atom is 2.00 e. The van der Waals surface area contributed by atoms with E-state index in [1.165, 1.54) is 19.1 Å². The minimum absolute atomic E-state index is 0. The second-order valence-corrected chi connectivity index (χ2v) is 14.8. The van der Waals surface area contributed by atoms with Crippen molar-refractivity contribution in [1.82, 2.24) is 15.0 Å². The SMILES string of the molecule is COC(=O)[C@H]1C(=O)c2c3[n-]c(c2C)/C=c2\[n-]/c(cc2C)=C\c2[n-]c(c(C)c2C)/C=C2\[N-]/C(=C\31)[C@@H](CCC(=O)OC/C=C(/C)CCCC(C)C)[C@@H]2C.[Mg+2]. The molecule has 52 heavy (non-hydrogen) atoms. The number of Topliss-reactive ketones (excluding diaryl/α,β-unsaturated/α-hetero) is 1. The Morgan fingerprint density at radius 2 is 1.63 bits per heavy atom. The average Bonchev–Trinajstić information content (AvgIpc) is 3.83. The first-order valence-corrected chi connectivity index (χ1v) is 18.0. The predicted octanol–water partition coefficient (Wildman–Crippen LogP) is 5.86. The summed E-state index contributed by atoms with van der Waals surface area (Å²) < 4.78 is 10.8. The number of hydrogen-bond acceptors (Lipinski definition) is 5. The van der Waals surface area contributed by atoms with Crippen LogP contribution in [0.2, 0.25) is 0 Å². The zero-order valence-electron chi connectivity index (χ0n) is 32.0. The van der Waals surface area contributed by atoms with Crippen LogP contribution in [-0.4, -0.2) is 54.5 Å². The van der Waals surface area contributed by atoms with Crippen LogP contribution in [0, 0.1) is 51.4 Å². The molecule has 6 rings (SSSR count). The van der Waals surface area contributed by atoms with Gasteiger partial charge in [0.2, 0.25) is 0 Å². The zero-order valence-corrected chi connectivity index (χ0v) is 33.4. The molecule has 270 valence electrons. The third-order valence-corrected chi connectivity index (χ3v) is 10.8. The predicted molar refractivity (Wildman–Crippen MR) is 204 cm³/mol. The van der Waals surface area contributed by atoms with E-state index in [1.54, 1.807) is 0 Å². The van der Waals surface area contributed by atoms with E-state index in [9.17, 15) is 14.4 Å². The number of allylic oxidation sites excluding steroid dienone is 3. The number of esters is 2. The van der Waals surface area contributed by atoms with Crippen LogP contribution >= 0.6 is 0 Å². The number of hydrogen-bond donors (Lipinski definition) is 0. The van der Waals surface area contributed by atoms with Crippen molar-refractivity contribution in [2.45, 2.75) is 87.5 Å². The van der Waals surface area contributed by atoms with Gasteiger partial charge in [-0.05, 0) is 77.7 Å². The fourth-order valence-corrected chi connectivity index (χ4v) is 7.47. The molecule has 3 aliphatic rings. The van der Waals surface area contributed by atoms with E-state index in [1.807, 2.05) is 51.1 Å². The van der Waals surface area contributed by atoms with Crippen molar-refractivity contribution in [2.24, 2.45) is 23.7 Å². The Hall–Kier alpha value is -4.02. The summed E-state index contributed by atoms with van der Waals surface area (Å²) in [6.45, 7) is 16.8. The second-order valence-electron chi connectivity index (χ2n) is 14.8. The summed E-state index contributed by atoms with van der Waals surface area (Å²) in [7, 11) is 1.29. The van der Waals surface area contributed by atoms with Gasteiger partial charge in [-0.15, -0.1) is 33.5 Å². The molecule has 10 heteroatoms. The van der Waals surface area contributed by atoms with Crippen molar-refractivity contribution in [2.75, 3.05) is 13.7 Å². The van der Waals surface area contributed by atoms with Crippen LogP contribution in [0.3, 0.4) is 0 Å². The van der Waals surface area contributed by atoms with E-state index in [2.05, 4.69) is 34.6 Å². The van der Waals surface area contributed by atoms with Crippen molar-refractivity contribution in [3.63, 3.8) is 0 Å². The average molecular weight is 713 g/mol. The van der Waals surface area contributed by atoms with Crippen LogP contribution in [0.15, 0.2) is 29.1 Å². The van der Waals surface area contributed by atoms with Crippen molar-refractivity contribution >= 4 is 64.6 Å². The van der Waals surface area contributed by atoms with E-state index in [0.29, 0.717) is 46.1 Å². The molecule has 0 radical (unpaired) electrons. The first kappa shape index (κ1) is 39.2. The number of fused-ring (bicyclic) bond motifs is 7. The molecule has 9 nitrogen and oxygen atoms in total. The number of aromatic nitrogens is 3. The molecule has 3 atom stereocenters. The van der Waals surface area contributed by atoms with Gasteiger partial charge in [0, 0.05) is 12.0 Å². The number of nitrogens with zero attached hydrogens (tertiary/aromatic N) is 4. The molecule has 2 aliphatic heterocycles. The van der Waals surface area contributed by atoms with Crippen LogP contribution in [0.1, 0.15) is 115 Å². The Balaban J connectivity index is 0.00000523. The summed E-state index contributed by atoms with van der Waals surface area (Å²) in [4.78, 5) is 55.5. The number of carbonyl (C=O) groups excluding carboxylic acids is 3. The molecule has 1 saturated heterocycles. The summed E-state index contributed by atoms with van der Waals surface area (Å²) in [6, 6.07) is 2.02. The molecule has 8 bridgehead atoms. The van der Waals surface area contributed by atoms with Crippen molar-refractivity contribution in [3.05, 3.63) is 95.7 Å². The van der Waals surface area contributed by atoms with Gasteiger partial charge >= 0.3 is 35.0 Å². The molecule has 0 N–H and O–H groups in total. The molecule has 1 fully saturated rings. The third-order valence-electron chi connectivity index (χ3n) is 10.8. The fourth-order valence-electron chi connectivity index (χ4n) is 7.47. The minimum Gasteiger partial charge on any atom is -0.664 e. The van der Waals surface area contributed by atoms with Gasteiger partial charge in [0.05, 0.1) is 7.11 Å². The molecule has 0 aromatic carbocycles. The Kier molecular flexibility index (Phi) is 12.0. The number of ether oxygens (including phenoxy) is 2. The fraction of sp³-hybridized carbons (Fsp3) is 0.452. The molecule has 3 aromatic heterocycles. The van der Waals surface area contributed by atoms with E-state index < -0.39 is 11.9 Å². The second kappa shape index (κ2) is 15.9. The van der Waals surface area contributed by atoms with Crippen LogP contribution in [0.5, 0.6) is 0 Å². The summed E-state index contributed by atoms with van der Waals surface area (Å²) in [5.74, 6) is -2.29. The minimum atomic E-state index is -1.20. The molecule has 0 amide bonds. The number of methoxy groups -OCH3 is 1. The van der Waals surface area contributed by atoms with E-state index >= 15 is 0 Å². The van der Waals surface area contributed by atoms with Crippen LogP contribution in [0.25, 0.3) is 29.1 Å². The topological polar surface area (TPSA) is 126 Å². The molecule has 0 unspecified atom stereocenters. The van der Waals surface area contributed by atoms with Gasteiger partial charge in [-0.1, -0.05) is 84.9 Å². The molecule has 5 heterocycles. The Morgan fingerprint density at radius 3 is 2.33 bits per heavy atom. The Labute approximate surface area is 322 Å². The molecule has 0 saturated carbocycles. The van der Waals surface area contributed by atoms with Crippen LogP contribution < -0.4 is 25.7 Å². The van der Waals surface area contributed by atoms with Gasteiger partial charge in [-0.25, -0.2) is 0 Å². The molecule has 0 spiro atoms. The van der Waals surface area contributed by atoms with E-state index in [4.69, 9.17) is 29.7 Å². The normalized spacial score (nSPS) is 22.9. The maximum atomic E-state index is 14.1. The largest absolute Gasteiger partial charge is 2.00 e. The van der Waals surface area contributed by atoms with Crippen molar-refractivity contribution < 1.29 is 23.9 Å². The van der Waals surface area contributed by atoms with Gasteiger partial charge < -0.3 is 29.7 Å². The van der Waals surface area contributed by atoms with Gasteiger partial charge in [0.15, 0.2) is 5.78 Å². The molecular formula is C42H48MgN4O5-2. The molecular weight excluding hydrogens is 665 g/mol. The van der Waals surface area contributed by atoms with Crippen LogP contribution in [-0.2, 0) is 19.1 Å². The Bertz CT molecular complexity index is 2120.